The maximum Gasteiger partial charge on any atom is 0.126 e. The molecule has 1 unspecified atom stereocenters. The van der Waals surface area contributed by atoms with Gasteiger partial charge in [-0.1, -0.05) is 6.92 Å². The second-order valence-corrected chi connectivity index (χ2v) is 4.94. The van der Waals surface area contributed by atoms with E-state index in [1.807, 2.05) is 13.0 Å². The van der Waals surface area contributed by atoms with Crippen molar-refractivity contribution in [3.8, 4) is 11.3 Å². The third-order valence-electron chi connectivity index (χ3n) is 3.66. The minimum atomic E-state index is -0.388. The van der Waals surface area contributed by atoms with E-state index in [0.717, 1.165) is 42.1 Å². The van der Waals surface area contributed by atoms with Crippen molar-refractivity contribution in [2.45, 2.75) is 38.6 Å². The summed E-state index contributed by atoms with van der Waals surface area (Å²) in [5, 5.41) is 0. The van der Waals surface area contributed by atoms with Crippen LogP contribution in [0.25, 0.3) is 11.3 Å². The van der Waals surface area contributed by atoms with E-state index in [4.69, 9.17) is 10.2 Å². The fourth-order valence-electron chi connectivity index (χ4n) is 2.23. The number of nitrogens with two attached hydrogens (primary N) is 1. The largest absolute Gasteiger partial charge is 0.469 e. The summed E-state index contributed by atoms with van der Waals surface area (Å²) in [6.45, 7) is 4.08. The first-order chi connectivity index (χ1) is 8.12. The summed E-state index contributed by atoms with van der Waals surface area (Å²) >= 11 is 0. The van der Waals surface area contributed by atoms with Crippen LogP contribution in [-0.4, -0.2) is 9.97 Å². The van der Waals surface area contributed by atoms with Crippen LogP contribution in [0.1, 0.15) is 37.5 Å². The van der Waals surface area contributed by atoms with E-state index in [0.29, 0.717) is 0 Å². The predicted octanol–water partition coefficient (Wildman–Crippen LogP) is 2.35. The number of aromatic amines is 1. The van der Waals surface area contributed by atoms with E-state index in [1.165, 1.54) is 5.69 Å². The molecule has 0 saturated heterocycles. The van der Waals surface area contributed by atoms with Crippen molar-refractivity contribution in [2.75, 3.05) is 0 Å². The predicted molar refractivity (Wildman–Crippen MR) is 65.5 cm³/mol. The molecule has 2 aromatic heterocycles. The van der Waals surface area contributed by atoms with Crippen molar-refractivity contribution < 1.29 is 4.42 Å². The molecule has 4 nitrogen and oxygen atoms in total. The van der Waals surface area contributed by atoms with Gasteiger partial charge in [0.15, 0.2) is 0 Å². The Labute approximate surface area is 100 Å². The number of furan rings is 1. The Morgan fingerprint density at radius 3 is 3.12 bits per heavy atom. The standard InChI is InChI=1S/C13H17N3O/c1-3-13(2,14)12-15-9-4-5-10-8(6-7-17-10)11(9)16-12/h6-7H,3-5,14H2,1-2H3,(H,15,16). The highest BCUT2D eigenvalue weighted by Crippen LogP contribution is 2.34. The summed E-state index contributed by atoms with van der Waals surface area (Å²) in [5.41, 5.74) is 9.15. The molecule has 17 heavy (non-hydrogen) atoms. The van der Waals surface area contributed by atoms with Crippen LogP contribution in [-0.2, 0) is 18.4 Å². The molecule has 1 atom stereocenters. The van der Waals surface area contributed by atoms with Gasteiger partial charge in [0.05, 0.1) is 17.5 Å². The summed E-state index contributed by atoms with van der Waals surface area (Å²) < 4.78 is 5.45. The quantitative estimate of drug-likeness (QED) is 0.833. The van der Waals surface area contributed by atoms with Crippen molar-refractivity contribution in [3.63, 3.8) is 0 Å². The topological polar surface area (TPSA) is 67.8 Å². The lowest BCUT2D eigenvalue weighted by molar-refractivity contribution is 0.449. The van der Waals surface area contributed by atoms with Gasteiger partial charge < -0.3 is 15.1 Å². The molecule has 90 valence electrons. The summed E-state index contributed by atoms with van der Waals surface area (Å²) in [4.78, 5) is 8.04. The lowest BCUT2D eigenvalue weighted by atomic mass is 10.00. The summed E-state index contributed by atoms with van der Waals surface area (Å²) in [6, 6.07) is 1.98. The molecule has 0 amide bonds. The minimum Gasteiger partial charge on any atom is -0.469 e. The van der Waals surface area contributed by atoms with Gasteiger partial charge >= 0.3 is 0 Å². The molecule has 0 radical (unpaired) electrons. The second kappa shape index (κ2) is 3.47. The lowest BCUT2D eigenvalue weighted by Crippen LogP contribution is -2.33. The van der Waals surface area contributed by atoms with Crippen LogP contribution >= 0.6 is 0 Å². The molecular formula is C13H17N3O. The maximum absolute atomic E-state index is 6.23. The highest BCUT2D eigenvalue weighted by atomic mass is 16.3. The van der Waals surface area contributed by atoms with E-state index in [1.54, 1.807) is 6.26 Å². The third-order valence-corrected chi connectivity index (χ3v) is 3.66. The zero-order valence-corrected chi connectivity index (χ0v) is 10.2. The summed E-state index contributed by atoms with van der Waals surface area (Å²) in [6.07, 6.45) is 4.47. The Bertz CT molecular complexity index is 551. The molecule has 2 aromatic rings. The number of H-pyrrole nitrogens is 1. The Kier molecular flexibility index (Phi) is 2.16. The van der Waals surface area contributed by atoms with Gasteiger partial charge in [-0.15, -0.1) is 0 Å². The average Bonchev–Trinajstić information content (AvgIpc) is 2.94. The highest BCUT2D eigenvalue weighted by Gasteiger charge is 2.28. The van der Waals surface area contributed by atoms with Crippen LogP contribution in [0.5, 0.6) is 0 Å². The van der Waals surface area contributed by atoms with Crippen molar-refractivity contribution in [3.05, 3.63) is 29.6 Å². The van der Waals surface area contributed by atoms with Gasteiger partial charge in [0.25, 0.3) is 0 Å². The number of aromatic nitrogens is 2. The number of aryl methyl sites for hydroxylation is 2. The lowest BCUT2D eigenvalue weighted by Gasteiger charge is -2.19. The van der Waals surface area contributed by atoms with Gasteiger partial charge in [0.2, 0.25) is 0 Å². The molecule has 0 aliphatic heterocycles. The second-order valence-electron chi connectivity index (χ2n) is 4.94. The SMILES string of the molecule is CCC(C)(N)c1nc2c([nH]1)CCc1occc1-2. The normalized spacial score (nSPS) is 17.4. The number of imidazole rings is 1. The minimum absolute atomic E-state index is 0.388. The third kappa shape index (κ3) is 1.52. The molecule has 2 heterocycles. The zero-order valence-electron chi connectivity index (χ0n) is 10.2. The van der Waals surface area contributed by atoms with E-state index < -0.39 is 0 Å². The molecule has 0 bridgehead atoms. The van der Waals surface area contributed by atoms with E-state index in [-0.39, 0.29) is 5.54 Å². The molecule has 3 N–H and O–H groups in total. The monoisotopic (exact) mass is 231 g/mol. The first-order valence-corrected chi connectivity index (χ1v) is 6.07. The Morgan fingerprint density at radius 2 is 2.35 bits per heavy atom. The molecule has 0 fully saturated rings. The smallest absolute Gasteiger partial charge is 0.126 e. The van der Waals surface area contributed by atoms with Crippen molar-refractivity contribution in [1.29, 1.82) is 0 Å². The Hall–Kier alpha value is -1.55. The number of fused-ring (bicyclic) bond motifs is 3. The van der Waals surface area contributed by atoms with Crippen LogP contribution in [0, 0.1) is 0 Å². The summed E-state index contributed by atoms with van der Waals surface area (Å²) in [5.74, 6) is 1.91. The fourth-order valence-corrected chi connectivity index (χ4v) is 2.23. The van der Waals surface area contributed by atoms with Crippen molar-refractivity contribution >= 4 is 0 Å². The maximum atomic E-state index is 6.23. The van der Waals surface area contributed by atoms with Gasteiger partial charge in [-0.05, 0) is 25.8 Å². The molecule has 0 spiro atoms. The van der Waals surface area contributed by atoms with Crippen LogP contribution in [0.3, 0.4) is 0 Å². The molecule has 0 aromatic carbocycles. The number of hydrogen-bond acceptors (Lipinski definition) is 3. The highest BCUT2D eigenvalue weighted by molar-refractivity contribution is 5.66. The number of nitrogens with zero attached hydrogens (tertiary/aromatic N) is 1. The molecule has 1 aliphatic rings. The van der Waals surface area contributed by atoms with E-state index in [2.05, 4.69) is 16.9 Å². The molecule has 4 heteroatoms. The van der Waals surface area contributed by atoms with Gasteiger partial charge in [-0.3, -0.25) is 0 Å². The van der Waals surface area contributed by atoms with Gasteiger partial charge in [-0.25, -0.2) is 4.98 Å². The molecule has 0 saturated carbocycles. The first-order valence-electron chi connectivity index (χ1n) is 6.07. The van der Waals surface area contributed by atoms with Crippen molar-refractivity contribution in [1.82, 2.24) is 9.97 Å². The van der Waals surface area contributed by atoms with E-state index >= 15 is 0 Å². The fraction of sp³-hybridized carbons (Fsp3) is 0.462. The van der Waals surface area contributed by atoms with E-state index in [9.17, 15) is 0 Å². The molecule has 1 aliphatic carbocycles. The molecule has 3 rings (SSSR count). The molecular weight excluding hydrogens is 214 g/mol. The number of rotatable bonds is 2. The van der Waals surface area contributed by atoms with Crippen LogP contribution < -0.4 is 5.73 Å². The van der Waals surface area contributed by atoms with Gasteiger partial charge in [0, 0.05) is 17.7 Å². The Morgan fingerprint density at radius 1 is 1.53 bits per heavy atom. The van der Waals surface area contributed by atoms with Crippen LogP contribution in [0.4, 0.5) is 0 Å². The number of nitrogens with one attached hydrogen (secondary N) is 1. The zero-order chi connectivity index (χ0) is 12.0. The van der Waals surface area contributed by atoms with Gasteiger partial charge in [0.1, 0.15) is 11.6 Å². The Balaban J connectivity index is 2.11. The average molecular weight is 231 g/mol. The van der Waals surface area contributed by atoms with Crippen molar-refractivity contribution in [2.24, 2.45) is 5.73 Å². The summed E-state index contributed by atoms with van der Waals surface area (Å²) in [7, 11) is 0. The first kappa shape index (κ1) is 10.6. The van der Waals surface area contributed by atoms with Gasteiger partial charge in [-0.2, -0.15) is 0 Å². The van der Waals surface area contributed by atoms with Crippen LogP contribution in [0.2, 0.25) is 0 Å². The number of hydrogen-bond donors (Lipinski definition) is 2. The van der Waals surface area contributed by atoms with Crippen LogP contribution in [0.15, 0.2) is 16.7 Å².